The minimum atomic E-state index is -0.841. The summed E-state index contributed by atoms with van der Waals surface area (Å²) in [4.78, 5) is 14.0. The minimum absolute atomic E-state index is 0.415. The topological polar surface area (TPSA) is 45.5 Å². The molecule has 118 valence electrons. The molecule has 22 heavy (non-hydrogen) atoms. The standard InChI is InChI=1S/C18H24N2O2/c1-2-9-20-13-14(8-12-19-10-3-4-11-19)15-6-5-7-16(17(15)20)18(21)22/h5-7,13H,2-4,8-12H2,1H3,(H,21,22). The van der Waals surface area contributed by atoms with Crippen LogP contribution in [0.15, 0.2) is 24.4 Å². The highest BCUT2D eigenvalue weighted by molar-refractivity contribution is 6.03. The molecule has 0 unspecified atom stereocenters. The maximum absolute atomic E-state index is 11.5. The molecule has 1 aromatic carbocycles. The Bertz CT molecular complexity index is 669. The minimum Gasteiger partial charge on any atom is -0.478 e. The lowest BCUT2D eigenvalue weighted by atomic mass is 10.1. The number of carboxylic acids is 1. The van der Waals surface area contributed by atoms with Crippen LogP contribution in [0.2, 0.25) is 0 Å². The second kappa shape index (κ2) is 6.53. The second-order valence-electron chi connectivity index (χ2n) is 6.15. The number of aromatic carboxylic acids is 1. The Morgan fingerprint density at radius 2 is 2.00 bits per heavy atom. The number of benzene rings is 1. The lowest BCUT2D eigenvalue weighted by Gasteiger charge is -2.13. The number of carboxylic acid groups (broad SMARTS) is 1. The molecular weight excluding hydrogens is 276 g/mol. The van der Waals surface area contributed by atoms with Crippen molar-refractivity contribution in [1.29, 1.82) is 0 Å². The van der Waals surface area contributed by atoms with Gasteiger partial charge in [-0.2, -0.15) is 0 Å². The van der Waals surface area contributed by atoms with E-state index >= 15 is 0 Å². The van der Waals surface area contributed by atoms with E-state index in [2.05, 4.69) is 28.7 Å². The number of hydrogen-bond donors (Lipinski definition) is 1. The van der Waals surface area contributed by atoms with E-state index in [1.165, 1.54) is 31.5 Å². The SMILES string of the molecule is CCCn1cc(CCN2CCCC2)c2cccc(C(=O)O)c21. The molecule has 1 aliphatic heterocycles. The van der Waals surface area contributed by atoms with Gasteiger partial charge < -0.3 is 14.6 Å². The predicted molar refractivity (Wildman–Crippen MR) is 88.6 cm³/mol. The van der Waals surface area contributed by atoms with Crippen molar-refractivity contribution in [3.63, 3.8) is 0 Å². The molecule has 1 fully saturated rings. The van der Waals surface area contributed by atoms with Gasteiger partial charge in [0.25, 0.3) is 0 Å². The Morgan fingerprint density at radius 1 is 1.23 bits per heavy atom. The van der Waals surface area contributed by atoms with E-state index < -0.39 is 5.97 Å². The van der Waals surface area contributed by atoms with Crippen LogP contribution in [0.25, 0.3) is 10.9 Å². The molecule has 0 spiro atoms. The normalized spacial score (nSPS) is 15.7. The van der Waals surface area contributed by atoms with Gasteiger partial charge in [0.2, 0.25) is 0 Å². The lowest BCUT2D eigenvalue weighted by molar-refractivity contribution is 0.0698. The molecule has 0 saturated carbocycles. The first-order valence-electron chi connectivity index (χ1n) is 8.27. The van der Waals surface area contributed by atoms with Crippen molar-refractivity contribution < 1.29 is 9.90 Å². The van der Waals surface area contributed by atoms with Crippen molar-refractivity contribution in [3.05, 3.63) is 35.5 Å². The third kappa shape index (κ3) is 2.88. The van der Waals surface area contributed by atoms with Crippen molar-refractivity contribution in [3.8, 4) is 0 Å². The molecule has 0 bridgehead atoms. The number of para-hydroxylation sites is 1. The van der Waals surface area contributed by atoms with E-state index in [-0.39, 0.29) is 0 Å². The molecular formula is C18H24N2O2. The molecule has 0 amide bonds. The number of carbonyl (C=O) groups is 1. The Labute approximate surface area is 131 Å². The molecule has 1 saturated heterocycles. The summed E-state index contributed by atoms with van der Waals surface area (Å²) >= 11 is 0. The number of aromatic nitrogens is 1. The molecule has 0 radical (unpaired) electrons. The lowest BCUT2D eigenvalue weighted by Crippen LogP contribution is -2.21. The van der Waals surface area contributed by atoms with Crippen LogP contribution in [0.4, 0.5) is 0 Å². The first-order valence-corrected chi connectivity index (χ1v) is 8.27. The van der Waals surface area contributed by atoms with Gasteiger partial charge in [-0.1, -0.05) is 19.1 Å². The number of hydrogen-bond acceptors (Lipinski definition) is 2. The summed E-state index contributed by atoms with van der Waals surface area (Å²) in [6, 6.07) is 5.63. The van der Waals surface area contributed by atoms with Gasteiger partial charge in [0.15, 0.2) is 0 Å². The molecule has 3 rings (SSSR count). The van der Waals surface area contributed by atoms with Crippen LogP contribution < -0.4 is 0 Å². The zero-order valence-corrected chi connectivity index (χ0v) is 13.2. The third-order valence-electron chi connectivity index (χ3n) is 4.57. The van der Waals surface area contributed by atoms with Gasteiger partial charge in [-0.25, -0.2) is 4.79 Å². The second-order valence-corrected chi connectivity index (χ2v) is 6.15. The Kier molecular flexibility index (Phi) is 4.48. The first-order chi connectivity index (χ1) is 10.7. The van der Waals surface area contributed by atoms with Gasteiger partial charge in [-0.05, 0) is 50.4 Å². The molecule has 4 heteroatoms. The van der Waals surface area contributed by atoms with E-state index in [0.29, 0.717) is 5.56 Å². The van der Waals surface area contributed by atoms with Gasteiger partial charge in [-0.3, -0.25) is 0 Å². The summed E-state index contributed by atoms with van der Waals surface area (Å²) in [5.74, 6) is -0.841. The largest absolute Gasteiger partial charge is 0.478 e. The van der Waals surface area contributed by atoms with E-state index in [1.807, 2.05) is 6.07 Å². The van der Waals surface area contributed by atoms with Crippen LogP contribution in [0, 0.1) is 0 Å². The van der Waals surface area contributed by atoms with Crippen LogP contribution in [0.5, 0.6) is 0 Å². The van der Waals surface area contributed by atoms with Crippen molar-refractivity contribution in [2.24, 2.45) is 0 Å². The number of rotatable bonds is 6. The molecule has 4 nitrogen and oxygen atoms in total. The van der Waals surface area contributed by atoms with Crippen molar-refractivity contribution in [2.45, 2.75) is 39.2 Å². The number of aryl methyl sites for hydroxylation is 1. The maximum Gasteiger partial charge on any atom is 0.337 e. The molecule has 1 N–H and O–H groups in total. The van der Waals surface area contributed by atoms with Crippen molar-refractivity contribution in [1.82, 2.24) is 9.47 Å². The molecule has 2 aromatic rings. The molecule has 0 atom stereocenters. The number of nitrogens with zero attached hydrogens (tertiary/aromatic N) is 2. The Hall–Kier alpha value is -1.81. The van der Waals surface area contributed by atoms with Crippen LogP contribution in [-0.2, 0) is 13.0 Å². The molecule has 0 aliphatic carbocycles. The van der Waals surface area contributed by atoms with Gasteiger partial charge >= 0.3 is 5.97 Å². The third-order valence-corrected chi connectivity index (χ3v) is 4.57. The smallest absolute Gasteiger partial charge is 0.337 e. The fraction of sp³-hybridized carbons (Fsp3) is 0.500. The zero-order valence-electron chi connectivity index (χ0n) is 13.2. The average molecular weight is 300 g/mol. The van der Waals surface area contributed by atoms with E-state index in [4.69, 9.17) is 0 Å². The van der Waals surface area contributed by atoms with Crippen LogP contribution in [-0.4, -0.2) is 40.2 Å². The zero-order chi connectivity index (χ0) is 15.5. The van der Waals surface area contributed by atoms with Gasteiger partial charge in [-0.15, -0.1) is 0 Å². The highest BCUT2D eigenvalue weighted by Gasteiger charge is 2.17. The highest BCUT2D eigenvalue weighted by Crippen LogP contribution is 2.26. The predicted octanol–water partition coefficient (Wildman–Crippen LogP) is 3.39. The molecule has 1 aromatic heterocycles. The number of fused-ring (bicyclic) bond motifs is 1. The average Bonchev–Trinajstić information content (AvgIpc) is 3.13. The highest BCUT2D eigenvalue weighted by atomic mass is 16.4. The summed E-state index contributed by atoms with van der Waals surface area (Å²) in [6.07, 6.45) is 6.78. The Morgan fingerprint density at radius 3 is 2.68 bits per heavy atom. The molecule has 1 aliphatic rings. The van der Waals surface area contributed by atoms with E-state index in [9.17, 15) is 9.90 Å². The van der Waals surface area contributed by atoms with Crippen LogP contribution in [0.1, 0.15) is 42.1 Å². The number of likely N-dealkylation sites (tertiary alicyclic amines) is 1. The van der Waals surface area contributed by atoms with Gasteiger partial charge in [0, 0.05) is 24.7 Å². The quantitative estimate of drug-likeness (QED) is 0.889. The van der Waals surface area contributed by atoms with Crippen molar-refractivity contribution in [2.75, 3.05) is 19.6 Å². The van der Waals surface area contributed by atoms with Crippen LogP contribution in [0.3, 0.4) is 0 Å². The monoisotopic (exact) mass is 300 g/mol. The Balaban J connectivity index is 1.95. The fourth-order valence-corrected chi connectivity index (χ4v) is 3.51. The van der Waals surface area contributed by atoms with Gasteiger partial charge in [0.05, 0.1) is 11.1 Å². The van der Waals surface area contributed by atoms with E-state index in [1.54, 1.807) is 6.07 Å². The van der Waals surface area contributed by atoms with Crippen LogP contribution >= 0.6 is 0 Å². The summed E-state index contributed by atoms with van der Waals surface area (Å²) in [5, 5.41) is 10.6. The summed E-state index contributed by atoms with van der Waals surface area (Å²) in [7, 11) is 0. The van der Waals surface area contributed by atoms with Crippen molar-refractivity contribution >= 4 is 16.9 Å². The summed E-state index contributed by atoms with van der Waals surface area (Å²) in [5.41, 5.74) is 2.57. The first kappa shape index (κ1) is 15.1. The fourth-order valence-electron chi connectivity index (χ4n) is 3.51. The summed E-state index contributed by atoms with van der Waals surface area (Å²) < 4.78 is 2.12. The molecule has 2 heterocycles. The maximum atomic E-state index is 11.5. The van der Waals surface area contributed by atoms with Gasteiger partial charge in [0.1, 0.15) is 0 Å². The summed E-state index contributed by atoms with van der Waals surface area (Å²) in [6.45, 7) is 6.47. The van der Waals surface area contributed by atoms with E-state index in [0.717, 1.165) is 36.8 Å².